The molecule has 0 bridgehead atoms. The number of hydrogen-bond acceptors (Lipinski definition) is 2. The summed E-state index contributed by atoms with van der Waals surface area (Å²) in [5.74, 6) is -0.224. The Hall–Kier alpha value is -1.13. The predicted octanol–water partition coefficient (Wildman–Crippen LogP) is 0.930. The number of aromatic nitrogens is 2. The Morgan fingerprint density at radius 1 is 1.67 bits per heavy atom. The number of nitrogens with zero attached hydrogens (tertiary/aromatic N) is 1. The number of halogens is 2. The van der Waals surface area contributed by atoms with E-state index < -0.39 is 6.43 Å². The van der Waals surface area contributed by atoms with Gasteiger partial charge in [0.2, 0.25) is 0 Å². The summed E-state index contributed by atoms with van der Waals surface area (Å²) in [5.41, 5.74) is 5.06. The van der Waals surface area contributed by atoms with Crippen LogP contribution in [0, 0.1) is 0 Å². The second-order valence-electron chi connectivity index (χ2n) is 1.52. The Labute approximate surface area is 49.9 Å². The lowest BCUT2D eigenvalue weighted by Crippen LogP contribution is -1.87. The van der Waals surface area contributed by atoms with Crippen LogP contribution < -0.4 is 5.73 Å². The molecular formula is C4H5F2N3. The van der Waals surface area contributed by atoms with Crippen molar-refractivity contribution in [2.75, 3.05) is 5.73 Å². The largest absolute Gasteiger partial charge is 0.384 e. The molecule has 0 aliphatic carbocycles. The van der Waals surface area contributed by atoms with Crippen molar-refractivity contribution in [1.29, 1.82) is 0 Å². The van der Waals surface area contributed by atoms with Crippen LogP contribution in [-0.2, 0) is 0 Å². The van der Waals surface area contributed by atoms with Crippen molar-refractivity contribution in [1.82, 2.24) is 9.97 Å². The lowest BCUT2D eigenvalue weighted by Gasteiger charge is -1.88. The molecule has 50 valence electrons. The first-order chi connectivity index (χ1) is 4.20. The normalized spacial score (nSPS) is 10.6. The molecule has 0 spiro atoms. The second-order valence-corrected chi connectivity index (χ2v) is 1.52. The first-order valence-corrected chi connectivity index (χ1v) is 2.28. The molecule has 1 heterocycles. The summed E-state index contributed by atoms with van der Waals surface area (Å²) in [6.45, 7) is 0. The third-order valence-corrected chi connectivity index (χ3v) is 0.822. The summed E-state index contributed by atoms with van der Waals surface area (Å²) in [6, 6.07) is 0. The highest BCUT2D eigenvalue weighted by atomic mass is 19.3. The van der Waals surface area contributed by atoms with Gasteiger partial charge in [0, 0.05) is 0 Å². The van der Waals surface area contributed by atoms with Crippen LogP contribution in [-0.4, -0.2) is 9.97 Å². The van der Waals surface area contributed by atoms with Crippen molar-refractivity contribution in [2.45, 2.75) is 6.43 Å². The molecule has 1 aromatic rings. The third kappa shape index (κ3) is 1.16. The Morgan fingerprint density at radius 2 is 2.33 bits per heavy atom. The Kier molecular flexibility index (Phi) is 1.33. The van der Waals surface area contributed by atoms with E-state index >= 15 is 0 Å². The number of anilines is 1. The quantitative estimate of drug-likeness (QED) is 0.598. The van der Waals surface area contributed by atoms with Gasteiger partial charge in [-0.2, -0.15) is 0 Å². The van der Waals surface area contributed by atoms with Gasteiger partial charge in [-0.1, -0.05) is 0 Å². The van der Waals surface area contributed by atoms with E-state index in [4.69, 9.17) is 5.73 Å². The molecule has 1 rings (SSSR count). The number of nitrogen functional groups attached to an aromatic ring is 1. The number of nitrogens with two attached hydrogens (primary N) is 1. The summed E-state index contributed by atoms with van der Waals surface area (Å²) >= 11 is 0. The van der Waals surface area contributed by atoms with Gasteiger partial charge in [0.25, 0.3) is 6.43 Å². The van der Waals surface area contributed by atoms with Gasteiger partial charge in [0.1, 0.15) is 5.82 Å². The number of imidazole rings is 1. The van der Waals surface area contributed by atoms with Gasteiger partial charge in [0.05, 0.1) is 6.20 Å². The molecule has 0 fully saturated rings. The smallest absolute Gasteiger partial charge is 0.295 e. The van der Waals surface area contributed by atoms with E-state index in [1.807, 2.05) is 0 Å². The van der Waals surface area contributed by atoms with Crippen LogP contribution in [0.5, 0.6) is 0 Å². The molecule has 3 nitrogen and oxygen atoms in total. The van der Waals surface area contributed by atoms with Crippen molar-refractivity contribution < 1.29 is 8.78 Å². The van der Waals surface area contributed by atoms with Crippen molar-refractivity contribution in [3.8, 4) is 0 Å². The summed E-state index contributed by atoms with van der Waals surface area (Å²) in [7, 11) is 0. The van der Waals surface area contributed by atoms with Crippen LogP contribution in [0.25, 0.3) is 0 Å². The maximum atomic E-state index is 11.6. The Bertz CT molecular complexity index is 195. The predicted molar refractivity (Wildman–Crippen MR) is 28.0 cm³/mol. The molecular weight excluding hydrogens is 128 g/mol. The van der Waals surface area contributed by atoms with Gasteiger partial charge >= 0.3 is 0 Å². The average Bonchev–Trinajstić information content (AvgIpc) is 2.14. The van der Waals surface area contributed by atoms with Gasteiger partial charge in [0.15, 0.2) is 5.82 Å². The highest BCUT2D eigenvalue weighted by molar-refractivity contribution is 5.24. The molecule has 9 heavy (non-hydrogen) atoms. The van der Waals surface area contributed by atoms with Crippen molar-refractivity contribution in [3.05, 3.63) is 12.0 Å². The SMILES string of the molecule is Nc1cnc(C(F)F)[nH]1. The number of aromatic amines is 1. The van der Waals surface area contributed by atoms with Gasteiger partial charge in [-0.05, 0) is 0 Å². The number of nitrogens with one attached hydrogen (secondary N) is 1. The first kappa shape index (κ1) is 6.00. The minimum atomic E-state index is -2.57. The van der Waals surface area contributed by atoms with E-state index in [9.17, 15) is 8.78 Å². The average molecular weight is 133 g/mol. The Balaban J connectivity index is 2.85. The fraction of sp³-hybridized carbons (Fsp3) is 0.250. The maximum Gasteiger partial charge on any atom is 0.295 e. The molecule has 3 N–H and O–H groups in total. The van der Waals surface area contributed by atoms with Crippen molar-refractivity contribution in [3.63, 3.8) is 0 Å². The minimum absolute atomic E-state index is 0.158. The summed E-state index contributed by atoms with van der Waals surface area (Å²) < 4.78 is 23.3. The van der Waals surface area contributed by atoms with Crippen LogP contribution in [0.1, 0.15) is 12.2 Å². The standard InChI is InChI=1S/C4H5F2N3/c5-3(6)4-8-1-2(7)9-4/h1,3H,7H2,(H,8,9). The summed E-state index contributed by atoms with van der Waals surface area (Å²) in [4.78, 5) is 5.48. The van der Waals surface area contributed by atoms with Gasteiger partial charge in [-0.25, -0.2) is 13.8 Å². The van der Waals surface area contributed by atoms with Crippen LogP contribution in [0.3, 0.4) is 0 Å². The molecule has 0 aliphatic rings. The van der Waals surface area contributed by atoms with E-state index in [-0.39, 0.29) is 11.6 Å². The molecule has 1 aromatic heterocycles. The van der Waals surface area contributed by atoms with Crippen LogP contribution in [0.15, 0.2) is 6.20 Å². The van der Waals surface area contributed by atoms with E-state index in [1.54, 1.807) is 0 Å². The van der Waals surface area contributed by atoms with Gasteiger partial charge in [-0.3, -0.25) is 0 Å². The molecule has 0 radical (unpaired) electrons. The molecule has 0 saturated heterocycles. The molecule has 5 heteroatoms. The van der Waals surface area contributed by atoms with Crippen LogP contribution in [0.2, 0.25) is 0 Å². The zero-order valence-corrected chi connectivity index (χ0v) is 4.44. The highest BCUT2D eigenvalue weighted by Crippen LogP contribution is 2.14. The zero-order valence-electron chi connectivity index (χ0n) is 4.44. The molecule has 0 unspecified atom stereocenters. The van der Waals surface area contributed by atoms with Crippen LogP contribution in [0.4, 0.5) is 14.6 Å². The first-order valence-electron chi connectivity index (χ1n) is 2.28. The molecule has 0 saturated carbocycles. The number of H-pyrrole nitrogens is 1. The van der Waals surface area contributed by atoms with Gasteiger partial charge in [-0.15, -0.1) is 0 Å². The lowest BCUT2D eigenvalue weighted by atomic mass is 10.7. The summed E-state index contributed by atoms with van der Waals surface area (Å²) in [5, 5.41) is 0. The van der Waals surface area contributed by atoms with E-state index in [2.05, 4.69) is 9.97 Å². The molecule has 0 aliphatic heterocycles. The lowest BCUT2D eigenvalue weighted by molar-refractivity contribution is 0.141. The Morgan fingerprint density at radius 3 is 2.56 bits per heavy atom. The number of rotatable bonds is 1. The number of alkyl halides is 2. The van der Waals surface area contributed by atoms with Crippen LogP contribution >= 0.6 is 0 Å². The van der Waals surface area contributed by atoms with Crippen molar-refractivity contribution in [2.24, 2.45) is 0 Å². The fourth-order valence-corrected chi connectivity index (χ4v) is 0.462. The maximum absolute atomic E-state index is 11.6. The number of hydrogen-bond donors (Lipinski definition) is 2. The summed E-state index contributed by atoms with van der Waals surface area (Å²) in [6.07, 6.45) is -1.41. The minimum Gasteiger partial charge on any atom is -0.384 e. The zero-order chi connectivity index (χ0) is 6.85. The molecule has 0 aromatic carbocycles. The van der Waals surface area contributed by atoms with E-state index in [1.165, 1.54) is 0 Å². The molecule has 0 amide bonds. The van der Waals surface area contributed by atoms with Crippen molar-refractivity contribution >= 4 is 5.82 Å². The van der Waals surface area contributed by atoms with E-state index in [0.717, 1.165) is 6.20 Å². The topological polar surface area (TPSA) is 54.7 Å². The third-order valence-electron chi connectivity index (χ3n) is 0.822. The second kappa shape index (κ2) is 2.00. The molecule has 0 atom stereocenters. The highest BCUT2D eigenvalue weighted by Gasteiger charge is 2.08. The monoisotopic (exact) mass is 133 g/mol. The van der Waals surface area contributed by atoms with E-state index in [0.29, 0.717) is 0 Å². The fourth-order valence-electron chi connectivity index (χ4n) is 0.462. The van der Waals surface area contributed by atoms with Gasteiger partial charge < -0.3 is 10.7 Å².